The first-order chi connectivity index (χ1) is 9.83. The first-order valence-electron chi connectivity index (χ1n) is 5.54. The third-order valence-corrected chi connectivity index (χ3v) is 3.76. The van der Waals surface area contributed by atoms with Crippen molar-refractivity contribution >= 4 is 21.9 Å². The molecule has 0 saturated heterocycles. The number of nitrogens with one attached hydrogen (secondary N) is 1. The van der Waals surface area contributed by atoms with E-state index in [1.807, 2.05) is 4.72 Å². The summed E-state index contributed by atoms with van der Waals surface area (Å²) < 4.78 is 48.8. The van der Waals surface area contributed by atoms with Crippen LogP contribution in [-0.4, -0.2) is 31.6 Å². The highest BCUT2D eigenvalue weighted by Gasteiger charge is 2.22. The van der Waals surface area contributed by atoms with Gasteiger partial charge in [0.15, 0.2) is 0 Å². The van der Waals surface area contributed by atoms with Crippen LogP contribution in [0.1, 0.15) is 16.2 Å². The summed E-state index contributed by atoms with van der Waals surface area (Å²) >= 11 is 0. The fourth-order valence-electron chi connectivity index (χ4n) is 1.48. The maximum Gasteiger partial charge on any atom is 0.337 e. The third-order valence-electron chi connectivity index (χ3n) is 2.40. The van der Waals surface area contributed by atoms with Crippen molar-refractivity contribution in [2.24, 2.45) is 0 Å². The number of methoxy groups -OCH3 is 1. The molecule has 1 aromatic carbocycles. The van der Waals surface area contributed by atoms with Crippen molar-refractivity contribution in [3.8, 4) is 0 Å². The summed E-state index contributed by atoms with van der Waals surface area (Å²) in [4.78, 5) is 14.2. The van der Waals surface area contributed by atoms with Crippen molar-refractivity contribution in [3.63, 3.8) is 0 Å². The molecule has 0 unspecified atom stereocenters. The summed E-state index contributed by atoms with van der Waals surface area (Å²) in [6.07, 6.45) is 0. The maximum atomic E-state index is 13.9. The number of esters is 1. The first-order valence-corrected chi connectivity index (χ1v) is 7.03. The lowest BCUT2D eigenvalue weighted by Gasteiger charge is -2.06. The van der Waals surface area contributed by atoms with Gasteiger partial charge in [0.05, 0.1) is 12.7 Å². The fraction of sp³-hybridized carbons (Fsp3) is 0.182. The summed E-state index contributed by atoms with van der Waals surface area (Å²) in [5, 5.41) is 3.34. The Morgan fingerprint density at radius 2 is 2.14 bits per heavy atom. The van der Waals surface area contributed by atoms with Crippen LogP contribution in [0.4, 0.5) is 10.3 Å². The van der Waals surface area contributed by atoms with Crippen molar-refractivity contribution in [1.29, 1.82) is 0 Å². The van der Waals surface area contributed by atoms with Crippen LogP contribution in [0.5, 0.6) is 0 Å². The Hall–Kier alpha value is -2.49. The second-order valence-electron chi connectivity index (χ2n) is 3.88. The maximum absolute atomic E-state index is 13.9. The number of anilines is 1. The molecule has 1 heterocycles. The molecule has 0 aliphatic rings. The van der Waals surface area contributed by atoms with Crippen molar-refractivity contribution in [2.75, 3.05) is 11.8 Å². The highest BCUT2D eigenvalue weighted by atomic mass is 32.2. The van der Waals surface area contributed by atoms with E-state index in [-0.39, 0.29) is 17.4 Å². The van der Waals surface area contributed by atoms with Crippen molar-refractivity contribution in [3.05, 3.63) is 35.5 Å². The van der Waals surface area contributed by atoms with Gasteiger partial charge in [0, 0.05) is 6.92 Å². The normalized spacial score (nSPS) is 11.2. The molecule has 21 heavy (non-hydrogen) atoms. The lowest BCUT2D eigenvalue weighted by molar-refractivity contribution is 0.0600. The number of sulfonamides is 1. The summed E-state index contributed by atoms with van der Waals surface area (Å²) in [6.45, 7) is 1.47. The van der Waals surface area contributed by atoms with Crippen molar-refractivity contribution in [1.82, 2.24) is 10.1 Å². The Labute approximate surface area is 119 Å². The van der Waals surface area contributed by atoms with E-state index in [1.165, 1.54) is 6.92 Å². The molecular weight excluding hydrogens is 305 g/mol. The average molecular weight is 315 g/mol. The van der Waals surface area contributed by atoms with Gasteiger partial charge in [-0.25, -0.2) is 22.3 Å². The van der Waals surface area contributed by atoms with Crippen molar-refractivity contribution < 1.29 is 26.9 Å². The molecule has 0 amide bonds. The van der Waals surface area contributed by atoms with Crippen LogP contribution in [0, 0.1) is 12.7 Å². The van der Waals surface area contributed by atoms with E-state index in [0.29, 0.717) is 0 Å². The molecule has 0 atom stereocenters. The summed E-state index contributed by atoms with van der Waals surface area (Å²) in [5.74, 6) is -2.05. The van der Waals surface area contributed by atoms with E-state index in [1.54, 1.807) is 0 Å². The fourth-order valence-corrected chi connectivity index (χ4v) is 2.48. The predicted octanol–water partition coefficient (Wildman–Crippen LogP) is 1.10. The van der Waals surface area contributed by atoms with E-state index in [2.05, 4.69) is 19.4 Å². The molecule has 0 saturated carbocycles. The lowest BCUT2D eigenvalue weighted by Crippen LogP contribution is -2.16. The van der Waals surface area contributed by atoms with Crippen LogP contribution < -0.4 is 4.72 Å². The molecule has 1 N–H and O–H groups in total. The van der Waals surface area contributed by atoms with Crippen LogP contribution in [0.3, 0.4) is 0 Å². The molecule has 2 aromatic rings. The Kier molecular flexibility index (Phi) is 3.89. The quantitative estimate of drug-likeness (QED) is 0.841. The van der Waals surface area contributed by atoms with Gasteiger partial charge in [0.2, 0.25) is 5.89 Å². The molecule has 0 aliphatic heterocycles. The predicted molar refractivity (Wildman–Crippen MR) is 67.6 cm³/mol. The zero-order valence-corrected chi connectivity index (χ0v) is 11.8. The standard InChI is InChI=1S/C11H10FN3O5S/c1-6-13-11(14-20-6)15-21(17,18)9-4-3-7(5-8(9)12)10(16)19-2/h3-5H,1-2H3,(H,14,15). The Morgan fingerprint density at radius 3 is 2.67 bits per heavy atom. The number of ether oxygens (including phenoxy) is 1. The minimum absolute atomic E-state index is 0.107. The molecule has 0 aliphatic carbocycles. The molecule has 2 rings (SSSR count). The number of carbonyl (C=O) groups excluding carboxylic acids is 1. The van der Waals surface area contributed by atoms with Gasteiger partial charge in [-0.1, -0.05) is 0 Å². The number of benzene rings is 1. The number of rotatable bonds is 4. The van der Waals surface area contributed by atoms with E-state index < -0.39 is 26.7 Å². The van der Waals surface area contributed by atoms with Gasteiger partial charge in [-0.05, 0) is 23.4 Å². The topological polar surface area (TPSA) is 111 Å². The zero-order valence-electron chi connectivity index (χ0n) is 11.0. The monoisotopic (exact) mass is 315 g/mol. The van der Waals surface area contributed by atoms with Crippen LogP contribution in [0.25, 0.3) is 0 Å². The number of aromatic nitrogens is 2. The van der Waals surface area contributed by atoms with E-state index in [9.17, 15) is 17.6 Å². The molecule has 112 valence electrons. The third kappa shape index (κ3) is 3.16. The van der Waals surface area contributed by atoms with Crippen LogP contribution in [-0.2, 0) is 14.8 Å². The number of aryl methyl sites for hydroxylation is 1. The second-order valence-corrected chi connectivity index (χ2v) is 5.53. The number of halogens is 1. The average Bonchev–Trinajstić information content (AvgIpc) is 2.81. The van der Waals surface area contributed by atoms with Gasteiger partial charge < -0.3 is 9.26 Å². The summed E-state index contributed by atoms with van der Waals surface area (Å²) in [6, 6.07) is 2.84. The number of hydrogen-bond acceptors (Lipinski definition) is 7. The molecule has 0 bridgehead atoms. The van der Waals surface area contributed by atoms with Crippen LogP contribution in [0.2, 0.25) is 0 Å². The summed E-state index contributed by atoms with van der Waals surface area (Å²) in [7, 11) is -3.11. The van der Waals surface area contributed by atoms with Gasteiger partial charge in [-0.2, -0.15) is 4.98 Å². The Bertz CT molecular complexity index is 787. The molecule has 10 heteroatoms. The van der Waals surface area contributed by atoms with E-state index in [4.69, 9.17) is 0 Å². The molecule has 0 radical (unpaired) electrons. The minimum atomic E-state index is -4.24. The summed E-state index contributed by atoms with van der Waals surface area (Å²) in [5.41, 5.74) is -0.107. The minimum Gasteiger partial charge on any atom is -0.465 e. The van der Waals surface area contributed by atoms with Crippen molar-refractivity contribution in [2.45, 2.75) is 11.8 Å². The molecule has 1 aromatic heterocycles. The lowest BCUT2D eigenvalue weighted by atomic mass is 10.2. The smallest absolute Gasteiger partial charge is 0.337 e. The van der Waals surface area contributed by atoms with Gasteiger partial charge in [-0.3, -0.25) is 0 Å². The van der Waals surface area contributed by atoms with Gasteiger partial charge in [-0.15, -0.1) is 0 Å². The molecule has 0 fully saturated rings. The van der Waals surface area contributed by atoms with Crippen LogP contribution >= 0.6 is 0 Å². The largest absolute Gasteiger partial charge is 0.465 e. The zero-order chi connectivity index (χ0) is 15.6. The number of carbonyl (C=O) groups is 1. The highest BCUT2D eigenvalue weighted by molar-refractivity contribution is 7.92. The van der Waals surface area contributed by atoms with Gasteiger partial charge >= 0.3 is 5.97 Å². The van der Waals surface area contributed by atoms with Gasteiger partial charge in [0.1, 0.15) is 10.7 Å². The second kappa shape index (κ2) is 5.48. The van der Waals surface area contributed by atoms with E-state index in [0.717, 1.165) is 25.3 Å². The van der Waals surface area contributed by atoms with E-state index >= 15 is 0 Å². The van der Waals surface area contributed by atoms with Crippen LogP contribution in [0.15, 0.2) is 27.6 Å². The molecular formula is C11H10FN3O5S. The molecule has 8 nitrogen and oxygen atoms in total. The molecule has 0 spiro atoms. The SMILES string of the molecule is COC(=O)c1ccc(S(=O)(=O)Nc2noc(C)n2)c(F)c1. The first kappa shape index (κ1) is 14.9. The Morgan fingerprint density at radius 1 is 1.43 bits per heavy atom. The number of hydrogen-bond donors (Lipinski definition) is 1. The number of nitrogens with zero attached hydrogens (tertiary/aromatic N) is 2. The van der Waals surface area contributed by atoms with Gasteiger partial charge in [0.25, 0.3) is 16.0 Å². The Balaban J connectivity index is 2.34. The highest BCUT2D eigenvalue weighted by Crippen LogP contribution is 2.19.